The van der Waals surface area contributed by atoms with Crippen molar-refractivity contribution in [3.05, 3.63) is 60.3 Å². The molecule has 0 radical (unpaired) electrons. The van der Waals surface area contributed by atoms with Gasteiger partial charge in [-0.2, -0.15) is 0 Å². The lowest BCUT2D eigenvalue weighted by Gasteiger charge is -2.12. The SMILES string of the molecule is Cc1cc(NC(=O)Nc2cccc(OC(F)(F)F)c2)c2ccccc2n1. The van der Waals surface area contributed by atoms with E-state index in [0.29, 0.717) is 5.69 Å². The lowest BCUT2D eigenvalue weighted by molar-refractivity contribution is -0.274. The molecule has 8 heteroatoms. The number of halogens is 3. The Kier molecular flexibility index (Phi) is 4.66. The van der Waals surface area contributed by atoms with Gasteiger partial charge in [0.15, 0.2) is 0 Å². The molecular weight excluding hydrogens is 347 g/mol. The summed E-state index contributed by atoms with van der Waals surface area (Å²) in [6.07, 6.45) is -4.80. The predicted molar refractivity (Wildman–Crippen MR) is 92.2 cm³/mol. The van der Waals surface area contributed by atoms with E-state index in [-0.39, 0.29) is 5.69 Å². The van der Waals surface area contributed by atoms with E-state index in [9.17, 15) is 18.0 Å². The quantitative estimate of drug-likeness (QED) is 0.683. The van der Waals surface area contributed by atoms with E-state index in [1.165, 1.54) is 12.1 Å². The minimum Gasteiger partial charge on any atom is -0.406 e. The molecule has 1 heterocycles. The van der Waals surface area contributed by atoms with Gasteiger partial charge >= 0.3 is 12.4 Å². The molecular formula is C18H14F3N3O2. The van der Waals surface area contributed by atoms with Crippen molar-refractivity contribution in [1.82, 2.24) is 4.98 Å². The third kappa shape index (κ3) is 4.41. The number of aromatic nitrogens is 1. The van der Waals surface area contributed by atoms with E-state index in [4.69, 9.17) is 0 Å². The number of rotatable bonds is 3. The van der Waals surface area contributed by atoms with Crippen LogP contribution in [0.5, 0.6) is 5.75 Å². The number of anilines is 2. The average Bonchev–Trinajstić information content (AvgIpc) is 2.53. The Labute approximate surface area is 146 Å². The van der Waals surface area contributed by atoms with Crippen LogP contribution < -0.4 is 15.4 Å². The minimum atomic E-state index is -4.80. The zero-order chi connectivity index (χ0) is 18.7. The van der Waals surface area contributed by atoms with Gasteiger partial charge in [0.05, 0.1) is 11.2 Å². The molecule has 0 spiro atoms. The van der Waals surface area contributed by atoms with Crippen molar-refractivity contribution >= 4 is 28.3 Å². The maximum absolute atomic E-state index is 12.3. The van der Waals surface area contributed by atoms with Crippen molar-refractivity contribution in [3.63, 3.8) is 0 Å². The molecule has 0 bridgehead atoms. The summed E-state index contributed by atoms with van der Waals surface area (Å²) in [5, 5.41) is 5.92. The largest absolute Gasteiger partial charge is 0.573 e. The van der Waals surface area contributed by atoms with Gasteiger partial charge in [0.1, 0.15) is 5.75 Å². The summed E-state index contributed by atoms with van der Waals surface area (Å²) in [6, 6.07) is 13.5. The second kappa shape index (κ2) is 6.91. The van der Waals surface area contributed by atoms with Gasteiger partial charge in [0.2, 0.25) is 0 Å². The van der Waals surface area contributed by atoms with Crippen molar-refractivity contribution in [2.75, 3.05) is 10.6 Å². The van der Waals surface area contributed by atoms with Crippen LogP contribution >= 0.6 is 0 Å². The fraction of sp³-hybridized carbons (Fsp3) is 0.111. The van der Waals surface area contributed by atoms with Crippen LogP contribution in [-0.4, -0.2) is 17.4 Å². The Bertz CT molecular complexity index is 958. The highest BCUT2D eigenvalue weighted by atomic mass is 19.4. The number of carbonyl (C=O) groups is 1. The number of aryl methyl sites for hydroxylation is 1. The number of para-hydroxylation sites is 1. The lowest BCUT2D eigenvalue weighted by Crippen LogP contribution is -2.20. The number of carbonyl (C=O) groups excluding carboxylic acids is 1. The van der Waals surface area contributed by atoms with E-state index < -0.39 is 18.1 Å². The summed E-state index contributed by atoms with van der Waals surface area (Å²) in [5.74, 6) is -0.416. The number of nitrogens with zero attached hydrogens (tertiary/aromatic N) is 1. The van der Waals surface area contributed by atoms with E-state index in [1.807, 2.05) is 24.3 Å². The summed E-state index contributed by atoms with van der Waals surface area (Å²) in [6.45, 7) is 1.80. The molecule has 0 atom stereocenters. The number of amides is 2. The molecule has 0 fully saturated rings. The van der Waals surface area contributed by atoms with E-state index in [0.717, 1.165) is 28.7 Å². The van der Waals surface area contributed by atoms with E-state index >= 15 is 0 Å². The average molecular weight is 361 g/mol. The van der Waals surface area contributed by atoms with Gasteiger partial charge in [0, 0.05) is 22.8 Å². The van der Waals surface area contributed by atoms with Crippen LogP contribution in [0.25, 0.3) is 10.9 Å². The molecule has 1 aromatic heterocycles. The molecule has 0 aliphatic heterocycles. The number of fused-ring (bicyclic) bond motifs is 1. The fourth-order valence-corrected chi connectivity index (χ4v) is 2.47. The van der Waals surface area contributed by atoms with Gasteiger partial charge in [-0.1, -0.05) is 24.3 Å². The van der Waals surface area contributed by atoms with Crippen LogP contribution in [0.15, 0.2) is 54.6 Å². The number of urea groups is 1. The Hall–Kier alpha value is -3.29. The Morgan fingerprint density at radius 1 is 1.04 bits per heavy atom. The third-order valence-electron chi connectivity index (χ3n) is 3.42. The first kappa shape index (κ1) is 17.5. The molecule has 2 amide bonds. The Morgan fingerprint density at radius 2 is 1.81 bits per heavy atom. The maximum atomic E-state index is 12.3. The Morgan fingerprint density at radius 3 is 2.58 bits per heavy atom. The van der Waals surface area contributed by atoms with Gasteiger partial charge in [-0.3, -0.25) is 4.98 Å². The molecule has 134 valence electrons. The van der Waals surface area contributed by atoms with Crippen LogP contribution in [0.4, 0.5) is 29.3 Å². The van der Waals surface area contributed by atoms with Crippen LogP contribution in [0.1, 0.15) is 5.69 Å². The molecule has 2 N–H and O–H groups in total. The number of hydrogen-bond acceptors (Lipinski definition) is 3. The molecule has 0 aliphatic rings. The summed E-state index contributed by atoms with van der Waals surface area (Å²) < 4.78 is 40.7. The Balaban J connectivity index is 1.77. The molecule has 3 aromatic rings. The topological polar surface area (TPSA) is 63.2 Å². The minimum absolute atomic E-state index is 0.166. The van der Waals surface area contributed by atoms with Gasteiger partial charge in [-0.25, -0.2) is 4.79 Å². The number of ether oxygens (including phenoxy) is 1. The van der Waals surface area contributed by atoms with Crippen molar-refractivity contribution in [1.29, 1.82) is 0 Å². The fourth-order valence-electron chi connectivity index (χ4n) is 2.47. The molecule has 26 heavy (non-hydrogen) atoms. The molecule has 0 unspecified atom stereocenters. The van der Waals surface area contributed by atoms with Crippen molar-refractivity contribution in [2.24, 2.45) is 0 Å². The predicted octanol–water partition coefficient (Wildman–Crippen LogP) is 5.09. The number of benzene rings is 2. The number of alkyl halides is 3. The summed E-state index contributed by atoms with van der Waals surface area (Å²) in [7, 11) is 0. The van der Waals surface area contributed by atoms with Gasteiger partial charge in [-0.15, -0.1) is 13.2 Å². The summed E-state index contributed by atoms with van der Waals surface area (Å²) in [5.41, 5.74) is 2.16. The standard InChI is InChI=1S/C18H14F3N3O2/c1-11-9-16(14-7-2-3-8-15(14)22-11)24-17(25)23-12-5-4-6-13(10-12)26-18(19,20)21/h2-10H,1H3,(H2,22,23,24,25). The number of pyridine rings is 1. The zero-order valence-electron chi connectivity index (χ0n) is 13.6. The second-order valence-corrected chi connectivity index (χ2v) is 5.48. The molecule has 5 nitrogen and oxygen atoms in total. The first-order chi connectivity index (χ1) is 12.3. The van der Waals surface area contributed by atoms with Crippen LogP contribution in [0.3, 0.4) is 0 Å². The van der Waals surface area contributed by atoms with Gasteiger partial charge < -0.3 is 15.4 Å². The van der Waals surface area contributed by atoms with Gasteiger partial charge in [-0.05, 0) is 31.2 Å². The van der Waals surface area contributed by atoms with Crippen LogP contribution in [0.2, 0.25) is 0 Å². The molecule has 0 saturated carbocycles. The highest BCUT2D eigenvalue weighted by Gasteiger charge is 2.31. The third-order valence-corrected chi connectivity index (χ3v) is 3.42. The molecule has 0 saturated heterocycles. The maximum Gasteiger partial charge on any atom is 0.573 e. The molecule has 0 aliphatic carbocycles. The van der Waals surface area contributed by atoms with E-state index in [1.54, 1.807) is 13.0 Å². The molecule has 3 rings (SSSR count). The lowest BCUT2D eigenvalue weighted by atomic mass is 10.1. The monoisotopic (exact) mass is 361 g/mol. The highest BCUT2D eigenvalue weighted by molar-refractivity contribution is 6.05. The summed E-state index contributed by atoms with van der Waals surface area (Å²) in [4.78, 5) is 16.6. The smallest absolute Gasteiger partial charge is 0.406 e. The van der Waals surface area contributed by atoms with Crippen LogP contribution in [0, 0.1) is 6.92 Å². The van der Waals surface area contributed by atoms with E-state index in [2.05, 4.69) is 20.4 Å². The number of hydrogen-bond donors (Lipinski definition) is 2. The summed E-state index contributed by atoms with van der Waals surface area (Å²) >= 11 is 0. The van der Waals surface area contributed by atoms with Gasteiger partial charge in [0.25, 0.3) is 0 Å². The zero-order valence-corrected chi connectivity index (χ0v) is 13.6. The molecule has 2 aromatic carbocycles. The van der Waals surface area contributed by atoms with Crippen molar-refractivity contribution < 1.29 is 22.7 Å². The van der Waals surface area contributed by atoms with Crippen LogP contribution in [-0.2, 0) is 0 Å². The highest BCUT2D eigenvalue weighted by Crippen LogP contribution is 2.26. The first-order valence-electron chi connectivity index (χ1n) is 7.60. The van der Waals surface area contributed by atoms with Crippen molar-refractivity contribution in [2.45, 2.75) is 13.3 Å². The second-order valence-electron chi connectivity index (χ2n) is 5.48. The van der Waals surface area contributed by atoms with Crippen molar-refractivity contribution in [3.8, 4) is 5.75 Å². The first-order valence-corrected chi connectivity index (χ1v) is 7.60. The number of nitrogens with one attached hydrogen (secondary N) is 2. The normalized spacial score (nSPS) is 11.2.